The number of aromatic amines is 1. The number of fused-ring (bicyclic) bond motifs is 1. The van der Waals surface area contributed by atoms with Crippen LogP contribution in [-0.2, 0) is 7.05 Å². The molecule has 1 N–H and O–H groups in total. The molecular weight excluding hydrogens is 222 g/mol. The fraction of sp³-hybridized carbons (Fsp3) is 0.143. The van der Waals surface area contributed by atoms with Crippen LogP contribution in [0.3, 0.4) is 0 Å². The lowest BCUT2D eigenvalue weighted by Gasteiger charge is -1.93. The Kier molecular flexibility index (Phi) is 1.54. The summed E-state index contributed by atoms with van der Waals surface area (Å²) in [7, 11) is 1.74. The monoisotopic (exact) mass is 227 g/mol. The standard InChI is InChI=1S/C7H6BrN3O/c1-11-6-4(2-10-11)5(8)3-9-7(6)12/h2-3H,1H3,(H,9,12). The van der Waals surface area contributed by atoms with Gasteiger partial charge in [0.15, 0.2) is 0 Å². The Morgan fingerprint density at radius 1 is 1.67 bits per heavy atom. The van der Waals surface area contributed by atoms with E-state index in [-0.39, 0.29) is 5.56 Å². The van der Waals surface area contributed by atoms with Gasteiger partial charge in [-0.05, 0) is 15.9 Å². The third kappa shape index (κ3) is 0.896. The second kappa shape index (κ2) is 2.45. The Balaban J connectivity index is 3.09. The molecule has 0 unspecified atom stereocenters. The summed E-state index contributed by atoms with van der Waals surface area (Å²) in [6, 6.07) is 0. The minimum atomic E-state index is -0.117. The molecule has 0 aliphatic rings. The van der Waals surface area contributed by atoms with Gasteiger partial charge in [-0.2, -0.15) is 5.10 Å². The van der Waals surface area contributed by atoms with E-state index in [1.54, 1.807) is 24.1 Å². The van der Waals surface area contributed by atoms with E-state index in [1.807, 2.05) is 0 Å². The molecule has 62 valence electrons. The molecule has 2 heterocycles. The van der Waals surface area contributed by atoms with Gasteiger partial charge in [0, 0.05) is 23.1 Å². The highest BCUT2D eigenvalue weighted by Crippen LogP contribution is 2.18. The molecule has 12 heavy (non-hydrogen) atoms. The maximum atomic E-state index is 11.3. The largest absolute Gasteiger partial charge is 0.326 e. The number of hydrogen-bond donors (Lipinski definition) is 1. The summed E-state index contributed by atoms with van der Waals surface area (Å²) in [6.07, 6.45) is 3.28. The summed E-state index contributed by atoms with van der Waals surface area (Å²) in [5, 5.41) is 4.82. The van der Waals surface area contributed by atoms with Crippen LogP contribution in [0.4, 0.5) is 0 Å². The van der Waals surface area contributed by atoms with E-state index in [4.69, 9.17) is 0 Å². The molecule has 0 aromatic carbocycles. The first-order valence-electron chi connectivity index (χ1n) is 3.39. The Labute approximate surface area is 76.3 Å². The van der Waals surface area contributed by atoms with Crippen molar-refractivity contribution in [2.75, 3.05) is 0 Å². The zero-order chi connectivity index (χ0) is 8.72. The van der Waals surface area contributed by atoms with Crippen molar-refractivity contribution in [3.63, 3.8) is 0 Å². The van der Waals surface area contributed by atoms with Crippen molar-refractivity contribution in [3.05, 3.63) is 27.2 Å². The SMILES string of the molecule is Cn1ncc2c(Br)c[nH]c(=O)c21. The van der Waals surface area contributed by atoms with Crippen LogP contribution < -0.4 is 5.56 Å². The molecule has 2 aromatic heterocycles. The molecule has 2 aromatic rings. The Bertz CT molecular complexity index is 485. The molecule has 0 radical (unpaired) electrons. The third-order valence-electron chi connectivity index (χ3n) is 1.74. The highest BCUT2D eigenvalue weighted by molar-refractivity contribution is 9.10. The first kappa shape index (κ1) is 7.54. The van der Waals surface area contributed by atoms with Gasteiger partial charge in [-0.3, -0.25) is 9.48 Å². The number of aromatic nitrogens is 3. The lowest BCUT2D eigenvalue weighted by atomic mass is 10.3. The second-order valence-electron chi connectivity index (χ2n) is 2.50. The summed E-state index contributed by atoms with van der Waals surface area (Å²) >= 11 is 3.32. The number of rotatable bonds is 0. The molecule has 4 nitrogen and oxygen atoms in total. The van der Waals surface area contributed by atoms with Gasteiger partial charge in [0.05, 0.1) is 6.20 Å². The number of nitrogens with zero attached hydrogens (tertiary/aromatic N) is 2. The lowest BCUT2D eigenvalue weighted by molar-refractivity contribution is 0.792. The van der Waals surface area contributed by atoms with Gasteiger partial charge in [-0.1, -0.05) is 0 Å². The maximum Gasteiger partial charge on any atom is 0.274 e. The number of halogens is 1. The Hall–Kier alpha value is -1.10. The van der Waals surface area contributed by atoms with Crippen LogP contribution in [0.25, 0.3) is 10.9 Å². The normalized spacial score (nSPS) is 10.8. The van der Waals surface area contributed by atoms with E-state index in [0.29, 0.717) is 5.52 Å². The molecule has 0 bridgehead atoms. The van der Waals surface area contributed by atoms with E-state index in [9.17, 15) is 4.79 Å². The Morgan fingerprint density at radius 3 is 3.08 bits per heavy atom. The van der Waals surface area contributed by atoms with Crippen molar-refractivity contribution in [1.82, 2.24) is 14.8 Å². The molecule has 2 rings (SSSR count). The molecule has 0 spiro atoms. The van der Waals surface area contributed by atoms with Crippen molar-refractivity contribution in [3.8, 4) is 0 Å². The van der Waals surface area contributed by atoms with E-state index < -0.39 is 0 Å². The first-order valence-corrected chi connectivity index (χ1v) is 4.18. The van der Waals surface area contributed by atoms with Crippen LogP contribution in [0.5, 0.6) is 0 Å². The summed E-state index contributed by atoms with van der Waals surface area (Å²) in [4.78, 5) is 13.9. The average molecular weight is 228 g/mol. The first-order chi connectivity index (χ1) is 5.70. The van der Waals surface area contributed by atoms with Gasteiger partial charge in [-0.25, -0.2) is 0 Å². The molecule has 0 aliphatic heterocycles. The van der Waals surface area contributed by atoms with Crippen molar-refractivity contribution in [2.24, 2.45) is 7.05 Å². The van der Waals surface area contributed by atoms with Crippen molar-refractivity contribution < 1.29 is 0 Å². The van der Waals surface area contributed by atoms with Crippen molar-refractivity contribution >= 4 is 26.8 Å². The van der Waals surface area contributed by atoms with Crippen LogP contribution in [-0.4, -0.2) is 14.8 Å². The van der Waals surface area contributed by atoms with Crippen LogP contribution >= 0.6 is 15.9 Å². The van der Waals surface area contributed by atoms with Crippen LogP contribution in [0.1, 0.15) is 0 Å². The zero-order valence-electron chi connectivity index (χ0n) is 6.34. The summed E-state index contributed by atoms with van der Waals surface area (Å²) in [5.41, 5.74) is 0.470. The topological polar surface area (TPSA) is 50.7 Å². The molecule has 0 saturated carbocycles. The predicted octanol–water partition coefficient (Wildman–Crippen LogP) is 1.02. The minimum absolute atomic E-state index is 0.117. The average Bonchev–Trinajstić information content (AvgIpc) is 2.42. The molecular formula is C7H6BrN3O. The van der Waals surface area contributed by atoms with Crippen LogP contribution in [0.15, 0.2) is 21.7 Å². The van der Waals surface area contributed by atoms with E-state index in [1.165, 1.54) is 0 Å². The summed E-state index contributed by atoms with van der Waals surface area (Å²) in [5.74, 6) is 0. The van der Waals surface area contributed by atoms with Gasteiger partial charge in [0.25, 0.3) is 5.56 Å². The van der Waals surface area contributed by atoms with Gasteiger partial charge >= 0.3 is 0 Å². The molecule has 0 saturated heterocycles. The molecule has 0 aliphatic carbocycles. The Morgan fingerprint density at radius 2 is 2.42 bits per heavy atom. The van der Waals surface area contributed by atoms with Gasteiger partial charge in [0.2, 0.25) is 0 Å². The summed E-state index contributed by atoms with van der Waals surface area (Å²) in [6.45, 7) is 0. The number of nitrogens with one attached hydrogen (secondary N) is 1. The third-order valence-corrected chi connectivity index (χ3v) is 2.40. The van der Waals surface area contributed by atoms with Crippen molar-refractivity contribution in [2.45, 2.75) is 0 Å². The predicted molar refractivity (Wildman–Crippen MR) is 49.0 cm³/mol. The smallest absolute Gasteiger partial charge is 0.274 e. The molecule has 0 atom stereocenters. The summed E-state index contributed by atoms with van der Waals surface area (Å²) < 4.78 is 2.41. The van der Waals surface area contributed by atoms with Crippen molar-refractivity contribution in [1.29, 1.82) is 0 Å². The van der Waals surface area contributed by atoms with E-state index in [0.717, 1.165) is 9.86 Å². The zero-order valence-corrected chi connectivity index (χ0v) is 7.92. The van der Waals surface area contributed by atoms with Gasteiger partial charge in [-0.15, -0.1) is 0 Å². The second-order valence-corrected chi connectivity index (χ2v) is 3.35. The van der Waals surface area contributed by atoms with E-state index in [2.05, 4.69) is 26.0 Å². The quantitative estimate of drug-likeness (QED) is 0.731. The molecule has 5 heteroatoms. The fourth-order valence-electron chi connectivity index (χ4n) is 1.16. The number of H-pyrrole nitrogens is 1. The maximum absolute atomic E-state index is 11.3. The van der Waals surface area contributed by atoms with Gasteiger partial charge in [0.1, 0.15) is 5.52 Å². The van der Waals surface area contributed by atoms with Gasteiger partial charge < -0.3 is 4.98 Å². The van der Waals surface area contributed by atoms with Crippen LogP contribution in [0, 0.1) is 0 Å². The number of pyridine rings is 1. The highest BCUT2D eigenvalue weighted by Gasteiger charge is 2.06. The highest BCUT2D eigenvalue weighted by atomic mass is 79.9. The number of aryl methyl sites for hydroxylation is 1. The fourth-order valence-corrected chi connectivity index (χ4v) is 1.56. The molecule has 0 fully saturated rings. The lowest BCUT2D eigenvalue weighted by Crippen LogP contribution is -2.08. The minimum Gasteiger partial charge on any atom is -0.326 e. The molecule has 0 amide bonds. The number of hydrogen-bond acceptors (Lipinski definition) is 2. The van der Waals surface area contributed by atoms with E-state index >= 15 is 0 Å². The van der Waals surface area contributed by atoms with Crippen LogP contribution in [0.2, 0.25) is 0 Å².